The van der Waals surface area contributed by atoms with E-state index in [9.17, 15) is 18.0 Å². The van der Waals surface area contributed by atoms with Crippen molar-refractivity contribution in [2.45, 2.75) is 62.8 Å². The number of carboxylic acid groups (broad SMARTS) is 1. The number of halogens is 3. The van der Waals surface area contributed by atoms with Crippen LogP contribution in [0.25, 0.3) is 0 Å². The number of hydrogen-bond donors (Lipinski definition) is 3. The standard InChI is InChI=1S/C17H24F3N5O2/c18-17(19,20)15-21-8-12(9-22-15)25-7-3-4-11(10-25)23-13-5-1-2-6-14(13)24-16(26)27/h8-9,11,13-14,23-24H,1-7,10H2,(H,26,27)/t11?,13-,14-/m1/s1. The van der Waals surface area contributed by atoms with Crippen LogP contribution in [0.4, 0.5) is 23.7 Å². The molecular weight excluding hydrogens is 363 g/mol. The van der Waals surface area contributed by atoms with Crippen LogP contribution in [0.1, 0.15) is 44.3 Å². The van der Waals surface area contributed by atoms with E-state index in [-0.39, 0.29) is 18.1 Å². The molecule has 1 aliphatic carbocycles. The van der Waals surface area contributed by atoms with Gasteiger partial charge in [-0.2, -0.15) is 13.2 Å². The predicted molar refractivity (Wildman–Crippen MR) is 92.6 cm³/mol. The van der Waals surface area contributed by atoms with E-state index >= 15 is 0 Å². The van der Waals surface area contributed by atoms with E-state index < -0.39 is 18.1 Å². The second-order valence-corrected chi connectivity index (χ2v) is 7.16. The van der Waals surface area contributed by atoms with Crippen LogP contribution in [-0.2, 0) is 6.18 Å². The Kier molecular flexibility index (Phi) is 6.03. The molecule has 1 saturated carbocycles. The van der Waals surface area contributed by atoms with Gasteiger partial charge in [-0.25, -0.2) is 14.8 Å². The summed E-state index contributed by atoms with van der Waals surface area (Å²) in [6.45, 7) is 1.36. The highest BCUT2D eigenvalue weighted by molar-refractivity contribution is 5.65. The van der Waals surface area contributed by atoms with Crippen LogP contribution in [0.2, 0.25) is 0 Å². The summed E-state index contributed by atoms with van der Waals surface area (Å²) in [5.41, 5.74) is 0.568. The lowest BCUT2D eigenvalue weighted by atomic mass is 9.89. The molecule has 27 heavy (non-hydrogen) atoms. The molecule has 0 aromatic carbocycles. The largest absolute Gasteiger partial charge is 0.465 e. The molecular formula is C17H24F3N5O2. The minimum Gasteiger partial charge on any atom is -0.465 e. The van der Waals surface area contributed by atoms with E-state index in [4.69, 9.17) is 5.11 Å². The van der Waals surface area contributed by atoms with Crippen LogP contribution in [0.3, 0.4) is 0 Å². The van der Waals surface area contributed by atoms with Gasteiger partial charge in [0.05, 0.1) is 18.1 Å². The number of nitrogens with one attached hydrogen (secondary N) is 2. The van der Waals surface area contributed by atoms with Crippen LogP contribution >= 0.6 is 0 Å². The average Bonchev–Trinajstić information content (AvgIpc) is 2.63. The number of piperidine rings is 1. The number of aromatic nitrogens is 2. The van der Waals surface area contributed by atoms with Crippen molar-refractivity contribution in [3.8, 4) is 0 Å². The lowest BCUT2D eigenvalue weighted by molar-refractivity contribution is -0.145. The van der Waals surface area contributed by atoms with Gasteiger partial charge in [-0.15, -0.1) is 0 Å². The molecule has 1 aliphatic heterocycles. The number of rotatable bonds is 4. The van der Waals surface area contributed by atoms with Gasteiger partial charge in [0.2, 0.25) is 5.82 Å². The molecule has 1 aromatic heterocycles. The Bertz CT molecular complexity index is 640. The number of anilines is 1. The predicted octanol–water partition coefficient (Wildman–Crippen LogP) is 2.63. The highest BCUT2D eigenvalue weighted by Crippen LogP contribution is 2.27. The molecule has 150 valence electrons. The molecule has 0 spiro atoms. The third-order valence-corrected chi connectivity index (χ3v) is 5.20. The van der Waals surface area contributed by atoms with Crippen molar-refractivity contribution in [1.29, 1.82) is 0 Å². The van der Waals surface area contributed by atoms with Crippen LogP contribution < -0.4 is 15.5 Å². The molecule has 3 rings (SSSR count). The van der Waals surface area contributed by atoms with E-state index in [0.29, 0.717) is 12.2 Å². The number of carbonyl (C=O) groups is 1. The zero-order valence-corrected chi connectivity index (χ0v) is 14.9. The van der Waals surface area contributed by atoms with Crippen molar-refractivity contribution in [3.05, 3.63) is 18.2 Å². The quantitative estimate of drug-likeness (QED) is 0.736. The maximum Gasteiger partial charge on any atom is 0.451 e. The van der Waals surface area contributed by atoms with Gasteiger partial charge in [0.25, 0.3) is 0 Å². The smallest absolute Gasteiger partial charge is 0.451 e. The number of hydrogen-bond acceptors (Lipinski definition) is 5. The Morgan fingerprint density at radius 2 is 1.78 bits per heavy atom. The van der Waals surface area contributed by atoms with E-state index in [1.165, 1.54) is 12.4 Å². The highest BCUT2D eigenvalue weighted by atomic mass is 19.4. The highest BCUT2D eigenvalue weighted by Gasteiger charge is 2.35. The first-order valence-corrected chi connectivity index (χ1v) is 9.22. The van der Waals surface area contributed by atoms with Crippen molar-refractivity contribution >= 4 is 11.8 Å². The maximum absolute atomic E-state index is 12.6. The SMILES string of the molecule is O=C(O)N[C@@H]1CCCC[C@H]1NC1CCCN(c2cnc(C(F)(F)F)nc2)C1. The number of alkyl halides is 3. The summed E-state index contributed by atoms with van der Waals surface area (Å²) in [5, 5.41) is 15.2. The molecule has 3 N–H and O–H groups in total. The van der Waals surface area contributed by atoms with E-state index in [1.54, 1.807) is 0 Å². The van der Waals surface area contributed by atoms with E-state index in [1.807, 2.05) is 4.90 Å². The van der Waals surface area contributed by atoms with Crippen molar-refractivity contribution in [3.63, 3.8) is 0 Å². The van der Waals surface area contributed by atoms with Crippen molar-refractivity contribution < 1.29 is 23.1 Å². The van der Waals surface area contributed by atoms with Crippen molar-refractivity contribution in [2.24, 2.45) is 0 Å². The van der Waals surface area contributed by atoms with Gasteiger partial charge in [0.1, 0.15) is 0 Å². The minimum atomic E-state index is -4.54. The topological polar surface area (TPSA) is 90.4 Å². The Hall–Kier alpha value is -2.10. The summed E-state index contributed by atoms with van der Waals surface area (Å²) in [5.74, 6) is -1.14. The van der Waals surface area contributed by atoms with Crippen LogP contribution in [0, 0.1) is 0 Å². The molecule has 7 nitrogen and oxygen atoms in total. The second-order valence-electron chi connectivity index (χ2n) is 7.16. The van der Waals surface area contributed by atoms with Crippen molar-refractivity contribution in [2.75, 3.05) is 18.0 Å². The number of nitrogens with zero attached hydrogens (tertiary/aromatic N) is 3. The molecule has 3 atom stereocenters. The average molecular weight is 387 g/mol. The van der Waals surface area contributed by atoms with Gasteiger partial charge in [0.15, 0.2) is 0 Å². The van der Waals surface area contributed by atoms with E-state index in [2.05, 4.69) is 20.6 Å². The molecule has 2 aliphatic rings. The Balaban J connectivity index is 1.61. The van der Waals surface area contributed by atoms with Gasteiger partial charge < -0.3 is 20.6 Å². The molecule has 1 saturated heterocycles. The Morgan fingerprint density at radius 3 is 2.41 bits per heavy atom. The summed E-state index contributed by atoms with van der Waals surface area (Å²) in [4.78, 5) is 19.8. The molecule has 1 aromatic rings. The zero-order chi connectivity index (χ0) is 19.4. The Labute approximate surface area is 155 Å². The monoisotopic (exact) mass is 387 g/mol. The summed E-state index contributed by atoms with van der Waals surface area (Å²) in [7, 11) is 0. The molecule has 0 bridgehead atoms. The molecule has 2 heterocycles. The van der Waals surface area contributed by atoms with Gasteiger partial charge >= 0.3 is 12.3 Å². The summed E-state index contributed by atoms with van der Waals surface area (Å²) in [6.07, 6.45) is 2.48. The minimum absolute atomic E-state index is 0.0728. The molecule has 2 fully saturated rings. The molecule has 1 amide bonds. The lowest BCUT2D eigenvalue weighted by Gasteiger charge is -2.39. The van der Waals surface area contributed by atoms with Crippen LogP contribution in [0.15, 0.2) is 12.4 Å². The molecule has 0 radical (unpaired) electrons. The van der Waals surface area contributed by atoms with Gasteiger partial charge in [-0.1, -0.05) is 12.8 Å². The fourth-order valence-electron chi connectivity index (χ4n) is 3.94. The Morgan fingerprint density at radius 1 is 1.11 bits per heavy atom. The summed E-state index contributed by atoms with van der Waals surface area (Å²) in [6, 6.07) is 0.104. The first-order valence-electron chi connectivity index (χ1n) is 9.22. The third kappa shape index (κ3) is 5.21. The summed E-state index contributed by atoms with van der Waals surface area (Å²) < 4.78 is 37.8. The third-order valence-electron chi connectivity index (χ3n) is 5.20. The second kappa shape index (κ2) is 8.28. The first-order chi connectivity index (χ1) is 12.8. The van der Waals surface area contributed by atoms with Crippen LogP contribution in [-0.4, -0.2) is 52.4 Å². The van der Waals surface area contributed by atoms with Crippen LogP contribution in [0.5, 0.6) is 0 Å². The van der Waals surface area contributed by atoms with E-state index in [0.717, 1.165) is 45.1 Å². The van der Waals surface area contributed by atoms with Gasteiger partial charge in [-0.3, -0.25) is 0 Å². The molecule has 1 unspecified atom stereocenters. The zero-order valence-electron chi connectivity index (χ0n) is 14.9. The van der Waals surface area contributed by atoms with Gasteiger partial charge in [-0.05, 0) is 25.7 Å². The lowest BCUT2D eigenvalue weighted by Crippen LogP contribution is -2.57. The van der Waals surface area contributed by atoms with Crippen molar-refractivity contribution in [1.82, 2.24) is 20.6 Å². The maximum atomic E-state index is 12.6. The normalized spacial score (nSPS) is 26.6. The fraction of sp³-hybridized carbons (Fsp3) is 0.706. The fourth-order valence-corrected chi connectivity index (χ4v) is 3.94. The number of amides is 1. The van der Waals surface area contributed by atoms with Gasteiger partial charge in [0, 0.05) is 31.2 Å². The first kappa shape index (κ1) is 19.7. The summed E-state index contributed by atoms with van der Waals surface area (Å²) >= 11 is 0. The molecule has 10 heteroatoms.